The lowest BCUT2D eigenvalue weighted by atomic mass is 10.1. The lowest BCUT2D eigenvalue weighted by molar-refractivity contribution is -0.141. The molecule has 1 aliphatic heterocycles. The maximum absolute atomic E-state index is 12.3. The third kappa shape index (κ3) is 4.01. The molecule has 5 nitrogen and oxygen atoms in total. The van der Waals surface area contributed by atoms with E-state index in [-0.39, 0.29) is 36.4 Å². The molecule has 2 unspecified atom stereocenters. The minimum Gasteiger partial charge on any atom is -0.380 e. The number of amides is 2. The molecular formula is C14H26N2O3. The smallest absolute Gasteiger partial charge is 0.247 e. The first kappa shape index (κ1) is 16.1. The second-order valence-corrected chi connectivity index (χ2v) is 5.06. The summed E-state index contributed by atoms with van der Waals surface area (Å²) in [5, 5.41) is 3.19. The number of carbonyl (C=O) groups is 2. The van der Waals surface area contributed by atoms with Crippen molar-refractivity contribution in [3.05, 3.63) is 0 Å². The summed E-state index contributed by atoms with van der Waals surface area (Å²) in [5.74, 6) is -0.137. The molecular weight excluding hydrogens is 244 g/mol. The average Bonchev–Trinajstić information content (AvgIpc) is 2.65. The van der Waals surface area contributed by atoms with E-state index >= 15 is 0 Å². The van der Waals surface area contributed by atoms with Gasteiger partial charge in [-0.15, -0.1) is 0 Å². The Kier molecular flexibility index (Phi) is 6.45. The molecule has 1 aliphatic rings. The van der Waals surface area contributed by atoms with Crippen molar-refractivity contribution in [3.8, 4) is 0 Å². The molecule has 19 heavy (non-hydrogen) atoms. The Morgan fingerprint density at radius 2 is 1.95 bits per heavy atom. The van der Waals surface area contributed by atoms with Crippen molar-refractivity contribution >= 4 is 11.8 Å². The Hall–Kier alpha value is -0.940. The van der Waals surface area contributed by atoms with Crippen molar-refractivity contribution in [2.24, 2.45) is 0 Å². The van der Waals surface area contributed by atoms with Crippen LogP contribution in [0.1, 0.15) is 47.0 Å². The first-order valence-electron chi connectivity index (χ1n) is 7.24. The van der Waals surface area contributed by atoms with Gasteiger partial charge in [0, 0.05) is 18.7 Å². The van der Waals surface area contributed by atoms with Gasteiger partial charge in [-0.2, -0.15) is 0 Å². The second kappa shape index (κ2) is 7.60. The highest BCUT2D eigenvalue weighted by Gasteiger charge is 2.41. The van der Waals surface area contributed by atoms with Gasteiger partial charge < -0.3 is 10.1 Å². The van der Waals surface area contributed by atoms with Gasteiger partial charge in [0.2, 0.25) is 11.8 Å². The maximum Gasteiger partial charge on any atom is 0.247 e. The van der Waals surface area contributed by atoms with E-state index in [0.29, 0.717) is 13.2 Å². The molecule has 0 spiro atoms. The summed E-state index contributed by atoms with van der Waals surface area (Å²) in [6.07, 6.45) is 1.90. The zero-order valence-corrected chi connectivity index (χ0v) is 12.4. The largest absolute Gasteiger partial charge is 0.380 e. The summed E-state index contributed by atoms with van der Waals surface area (Å²) in [6, 6.07) is -0.277. The summed E-state index contributed by atoms with van der Waals surface area (Å²) >= 11 is 0. The number of hydrogen-bond acceptors (Lipinski definition) is 4. The molecule has 1 fully saturated rings. The summed E-state index contributed by atoms with van der Waals surface area (Å²) < 4.78 is 5.31. The van der Waals surface area contributed by atoms with E-state index in [2.05, 4.69) is 5.32 Å². The van der Waals surface area contributed by atoms with Crippen LogP contribution in [0.2, 0.25) is 0 Å². The summed E-state index contributed by atoms with van der Waals surface area (Å²) in [7, 11) is 0. The van der Waals surface area contributed by atoms with Gasteiger partial charge >= 0.3 is 0 Å². The second-order valence-electron chi connectivity index (χ2n) is 5.06. The molecule has 0 radical (unpaired) electrons. The molecule has 1 rings (SSSR count). The van der Waals surface area contributed by atoms with Crippen LogP contribution in [-0.2, 0) is 14.3 Å². The van der Waals surface area contributed by atoms with Crippen molar-refractivity contribution in [2.75, 3.05) is 13.2 Å². The number of ether oxygens (including phenoxy) is 1. The first-order valence-corrected chi connectivity index (χ1v) is 7.24. The fourth-order valence-electron chi connectivity index (χ4n) is 2.50. The van der Waals surface area contributed by atoms with Crippen LogP contribution in [0.3, 0.4) is 0 Å². The molecule has 110 valence electrons. The highest BCUT2D eigenvalue weighted by Crippen LogP contribution is 2.20. The van der Waals surface area contributed by atoms with Gasteiger partial charge in [-0.1, -0.05) is 13.8 Å². The van der Waals surface area contributed by atoms with Crippen LogP contribution in [0.4, 0.5) is 0 Å². The quantitative estimate of drug-likeness (QED) is 0.676. The number of nitrogens with one attached hydrogen (secondary N) is 1. The van der Waals surface area contributed by atoms with Crippen molar-refractivity contribution in [1.29, 1.82) is 0 Å². The van der Waals surface area contributed by atoms with Gasteiger partial charge in [0.25, 0.3) is 0 Å². The van der Waals surface area contributed by atoms with Gasteiger partial charge in [-0.3, -0.25) is 14.5 Å². The van der Waals surface area contributed by atoms with Crippen LogP contribution in [0.25, 0.3) is 0 Å². The van der Waals surface area contributed by atoms with Crippen molar-refractivity contribution < 1.29 is 14.3 Å². The van der Waals surface area contributed by atoms with Crippen LogP contribution in [0, 0.1) is 0 Å². The molecule has 0 aliphatic carbocycles. The Balaban J connectivity index is 2.59. The normalized spacial score (nSPS) is 21.5. The molecule has 1 N–H and O–H groups in total. The van der Waals surface area contributed by atoms with E-state index < -0.39 is 0 Å². The number of hydrogen-bond donors (Lipinski definition) is 1. The van der Waals surface area contributed by atoms with Crippen molar-refractivity contribution in [1.82, 2.24) is 10.2 Å². The highest BCUT2D eigenvalue weighted by atomic mass is 16.5. The summed E-state index contributed by atoms with van der Waals surface area (Å²) in [4.78, 5) is 25.7. The predicted molar refractivity (Wildman–Crippen MR) is 73.7 cm³/mol. The molecule has 0 saturated carbocycles. The van der Waals surface area contributed by atoms with Gasteiger partial charge in [0.1, 0.15) is 0 Å². The third-order valence-electron chi connectivity index (χ3n) is 3.55. The molecule has 0 aromatic carbocycles. The fraction of sp³-hybridized carbons (Fsp3) is 0.857. The minimum atomic E-state index is -0.386. The average molecular weight is 270 g/mol. The van der Waals surface area contributed by atoms with Crippen LogP contribution < -0.4 is 5.32 Å². The predicted octanol–water partition coefficient (Wildman–Crippen LogP) is 1.32. The fourth-order valence-corrected chi connectivity index (χ4v) is 2.50. The van der Waals surface area contributed by atoms with Crippen LogP contribution in [0.15, 0.2) is 0 Å². The van der Waals surface area contributed by atoms with Crippen molar-refractivity contribution in [2.45, 2.75) is 65.1 Å². The zero-order valence-electron chi connectivity index (χ0n) is 12.4. The molecule has 1 heterocycles. The Morgan fingerprint density at radius 1 is 1.32 bits per heavy atom. The molecule has 0 bridgehead atoms. The summed E-state index contributed by atoms with van der Waals surface area (Å²) in [5.41, 5.74) is 0. The monoisotopic (exact) mass is 270 g/mol. The number of carbonyl (C=O) groups excluding carboxylic acids is 2. The van der Waals surface area contributed by atoms with E-state index in [0.717, 1.165) is 12.8 Å². The number of imide groups is 1. The molecule has 2 atom stereocenters. The van der Waals surface area contributed by atoms with Crippen LogP contribution in [-0.4, -0.2) is 48.1 Å². The standard InChI is InChI=1S/C14H26N2O3/c1-5-11(6-2)16-13(17)8-12(14(16)18)15-10(4)9-19-7-3/h10-12,15H,5-9H2,1-4H3. The Bertz CT molecular complexity index is 316. The molecule has 1 saturated heterocycles. The lowest BCUT2D eigenvalue weighted by Crippen LogP contribution is -2.46. The third-order valence-corrected chi connectivity index (χ3v) is 3.55. The Morgan fingerprint density at radius 3 is 2.47 bits per heavy atom. The Labute approximate surface area is 115 Å². The molecule has 2 amide bonds. The topological polar surface area (TPSA) is 58.6 Å². The number of likely N-dealkylation sites (tertiary alicyclic amines) is 1. The van der Waals surface area contributed by atoms with Gasteiger partial charge in [0.15, 0.2) is 0 Å². The van der Waals surface area contributed by atoms with Crippen LogP contribution >= 0.6 is 0 Å². The van der Waals surface area contributed by atoms with Gasteiger partial charge in [-0.25, -0.2) is 0 Å². The highest BCUT2D eigenvalue weighted by molar-refractivity contribution is 6.05. The van der Waals surface area contributed by atoms with E-state index in [4.69, 9.17) is 4.74 Å². The summed E-state index contributed by atoms with van der Waals surface area (Å²) in [6.45, 7) is 9.13. The van der Waals surface area contributed by atoms with E-state index in [1.807, 2.05) is 27.7 Å². The SMILES string of the molecule is CCOCC(C)NC1CC(=O)N(C(CC)CC)C1=O. The van der Waals surface area contributed by atoms with Gasteiger partial charge in [-0.05, 0) is 26.7 Å². The molecule has 0 aromatic rings. The number of rotatable bonds is 8. The minimum absolute atomic E-state index is 0.0361. The number of nitrogens with zero attached hydrogens (tertiary/aromatic N) is 1. The van der Waals surface area contributed by atoms with Crippen molar-refractivity contribution in [3.63, 3.8) is 0 Å². The van der Waals surface area contributed by atoms with E-state index in [1.54, 1.807) is 0 Å². The van der Waals surface area contributed by atoms with Crippen LogP contribution in [0.5, 0.6) is 0 Å². The maximum atomic E-state index is 12.3. The van der Waals surface area contributed by atoms with E-state index in [9.17, 15) is 9.59 Å². The zero-order chi connectivity index (χ0) is 14.4. The van der Waals surface area contributed by atoms with Gasteiger partial charge in [0.05, 0.1) is 19.1 Å². The molecule has 5 heteroatoms. The lowest BCUT2D eigenvalue weighted by Gasteiger charge is -2.25. The van der Waals surface area contributed by atoms with E-state index in [1.165, 1.54) is 4.90 Å². The first-order chi connectivity index (χ1) is 9.04. The molecule has 0 aromatic heterocycles.